The molecule has 1 amide bonds. The number of benzene rings is 2. The van der Waals surface area contributed by atoms with Crippen LogP contribution in [0.15, 0.2) is 53.3 Å². The van der Waals surface area contributed by atoms with E-state index < -0.39 is 22.8 Å². The summed E-state index contributed by atoms with van der Waals surface area (Å²) in [4.78, 5) is 35.2. The number of aromatic nitrogens is 2. The summed E-state index contributed by atoms with van der Waals surface area (Å²) in [6.45, 7) is 0. The maximum absolute atomic E-state index is 12.6. The molecular weight excluding hydrogens is 346 g/mol. The molecule has 0 unspecified atom stereocenters. The van der Waals surface area contributed by atoms with Crippen LogP contribution in [0, 0.1) is 0 Å². The van der Waals surface area contributed by atoms with Crippen LogP contribution in [-0.2, 0) is 4.79 Å². The van der Waals surface area contributed by atoms with E-state index in [0.29, 0.717) is 17.8 Å². The van der Waals surface area contributed by atoms with Crippen LogP contribution in [0.1, 0.15) is 15.9 Å². The number of ketones is 1. The summed E-state index contributed by atoms with van der Waals surface area (Å²) >= 11 is 5.99. The van der Waals surface area contributed by atoms with Gasteiger partial charge in [0.1, 0.15) is 0 Å². The molecule has 3 aromatic rings. The lowest BCUT2D eigenvalue weighted by Crippen LogP contribution is -2.14. The molecule has 1 aromatic heterocycles. The van der Waals surface area contributed by atoms with Gasteiger partial charge in [0.25, 0.3) is 5.56 Å². The molecule has 0 atom stereocenters. The highest BCUT2D eigenvalue weighted by atomic mass is 35.5. The van der Waals surface area contributed by atoms with Crippen LogP contribution >= 0.6 is 11.6 Å². The molecule has 2 aromatic carbocycles. The second-order valence-corrected chi connectivity index (χ2v) is 5.50. The minimum Gasteiger partial charge on any atom is -0.493 e. The van der Waals surface area contributed by atoms with Crippen molar-refractivity contribution < 1.29 is 14.7 Å². The van der Waals surface area contributed by atoms with Crippen LogP contribution in [0.25, 0.3) is 5.69 Å². The zero-order valence-electron chi connectivity index (χ0n) is 12.7. The highest BCUT2D eigenvalue weighted by Crippen LogP contribution is 2.24. The molecule has 7 nitrogen and oxygen atoms in total. The van der Waals surface area contributed by atoms with Crippen molar-refractivity contribution in [3.05, 3.63) is 75.0 Å². The molecule has 0 aliphatic rings. The number of rotatable bonds is 5. The van der Waals surface area contributed by atoms with Gasteiger partial charge in [-0.25, -0.2) is 4.68 Å². The Balaban J connectivity index is 2.04. The Morgan fingerprint density at radius 3 is 2.48 bits per heavy atom. The molecule has 0 saturated carbocycles. The number of anilines is 1. The van der Waals surface area contributed by atoms with Gasteiger partial charge in [0.2, 0.25) is 18.1 Å². The van der Waals surface area contributed by atoms with E-state index in [0.717, 1.165) is 4.68 Å². The van der Waals surface area contributed by atoms with Crippen molar-refractivity contribution in [1.29, 1.82) is 0 Å². The van der Waals surface area contributed by atoms with E-state index in [1.54, 1.807) is 36.4 Å². The number of hydrogen-bond acceptors (Lipinski definition) is 4. The SMILES string of the molecule is O=CNc1ccc(-n2[nH]c(=O)c(C(=O)c3ccccc3Cl)c2O)cc1. The standard InChI is InChI=1S/C17H12ClN3O4/c18-13-4-2-1-3-12(13)15(23)14-16(24)20-21(17(14)25)11-7-5-10(6-8-11)19-9-22/h1-9,25H,(H,19,22)(H,20,24). The zero-order chi connectivity index (χ0) is 18.0. The van der Waals surface area contributed by atoms with Crippen LogP contribution in [-0.4, -0.2) is 27.1 Å². The summed E-state index contributed by atoms with van der Waals surface area (Å²) in [5.41, 5.74) is -0.0710. The quantitative estimate of drug-likeness (QED) is 0.481. The first-order valence-corrected chi connectivity index (χ1v) is 7.54. The molecular formula is C17H12ClN3O4. The Bertz CT molecular complexity index is 1010. The van der Waals surface area contributed by atoms with Crippen molar-refractivity contribution in [3.8, 4) is 11.6 Å². The number of carbonyl (C=O) groups is 2. The third kappa shape index (κ3) is 3.05. The van der Waals surface area contributed by atoms with E-state index >= 15 is 0 Å². The first-order valence-electron chi connectivity index (χ1n) is 7.16. The molecule has 3 N–H and O–H groups in total. The van der Waals surface area contributed by atoms with Gasteiger partial charge < -0.3 is 10.4 Å². The van der Waals surface area contributed by atoms with E-state index in [9.17, 15) is 19.5 Å². The summed E-state index contributed by atoms with van der Waals surface area (Å²) < 4.78 is 1.08. The van der Waals surface area contributed by atoms with Gasteiger partial charge in [-0.1, -0.05) is 23.7 Å². The third-order valence-corrected chi connectivity index (χ3v) is 3.90. The second kappa shape index (κ2) is 6.66. The van der Waals surface area contributed by atoms with E-state index in [2.05, 4.69) is 10.4 Å². The molecule has 0 aliphatic heterocycles. The summed E-state index contributed by atoms with van der Waals surface area (Å²) in [5.74, 6) is -1.20. The Morgan fingerprint density at radius 1 is 1.16 bits per heavy atom. The highest BCUT2D eigenvalue weighted by Gasteiger charge is 2.24. The fourth-order valence-electron chi connectivity index (χ4n) is 2.37. The van der Waals surface area contributed by atoms with E-state index in [4.69, 9.17) is 11.6 Å². The number of carbonyl (C=O) groups excluding carboxylic acids is 2. The predicted molar refractivity (Wildman–Crippen MR) is 92.6 cm³/mol. The molecule has 0 fully saturated rings. The maximum atomic E-state index is 12.6. The first kappa shape index (κ1) is 16.5. The van der Waals surface area contributed by atoms with E-state index in [1.165, 1.54) is 12.1 Å². The smallest absolute Gasteiger partial charge is 0.279 e. The van der Waals surface area contributed by atoms with Crippen molar-refractivity contribution >= 4 is 29.5 Å². The summed E-state index contributed by atoms with van der Waals surface area (Å²) in [7, 11) is 0. The molecule has 0 bridgehead atoms. The number of halogens is 1. The first-order chi connectivity index (χ1) is 12.0. The van der Waals surface area contributed by atoms with Gasteiger partial charge in [-0.15, -0.1) is 0 Å². The minimum atomic E-state index is -0.738. The predicted octanol–water partition coefficient (Wildman–Crippen LogP) is 2.32. The molecule has 8 heteroatoms. The van der Waals surface area contributed by atoms with E-state index in [1.807, 2.05) is 0 Å². The normalized spacial score (nSPS) is 10.4. The monoisotopic (exact) mass is 357 g/mol. The Kier molecular flexibility index (Phi) is 4.40. The topological polar surface area (TPSA) is 104 Å². The number of nitrogens with zero attached hydrogens (tertiary/aromatic N) is 1. The van der Waals surface area contributed by atoms with Gasteiger partial charge in [0, 0.05) is 11.3 Å². The van der Waals surface area contributed by atoms with Crippen LogP contribution in [0.5, 0.6) is 5.88 Å². The number of amides is 1. The summed E-state index contributed by atoms with van der Waals surface area (Å²) in [5, 5.41) is 15.4. The van der Waals surface area contributed by atoms with E-state index in [-0.39, 0.29) is 10.6 Å². The average molecular weight is 358 g/mol. The lowest BCUT2D eigenvalue weighted by molar-refractivity contribution is -0.105. The van der Waals surface area contributed by atoms with Gasteiger partial charge >= 0.3 is 0 Å². The average Bonchev–Trinajstić information content (AvgIpc) is 2.90. The van der Waals surface area contributed by atoms with Gasteiger partial charge in [-0.3, -0.25) is 19.5 Å². The molecule has 0 saturated heterocycles. The lowest BCUT2D eigenvalue weighted by atomic mass is 10.1. The Morgan fingerprint density at radius 2 is 1.84 bits per heavy atom. The zero-order valence-corrected chi connectivity index (χ0v) is 13.4. The fourth-order valence-corrected chi connectivity index (χ4v) is 2.59. The number of H-pyrrole nitrogens is 1. The summed E-state index contributed by atoms with van der Waals surface area (Å²) in [6.07, 6.45) is 0.532. The highest BCUT2D eigenvalue weighted by molar-refractivity contribution is 6.35. The molecule has 25 heavy (non-hydrogen) atoms. The third-order valence-electron chi connectivity index (χ3n) is 3.57. The molecule has 0 spiro atoms. The van der Waals surface area contributed by atoms with Crippen molar-refractivity contribution in [2.24, 2.45) is 0 Å². The molecule has 126 valence electrons. The molecule has 0 aliphatic carbocycles. The largest absolute Gasteiger partial charge is 0.493 e. The maximum Gasteiger partial charge on any atom is 0.279 e. The van der Waals surface area contributed by atoms with Gasteiger partial charge in [0.05, 0.1) is 10.7 Å². The van der Waals surface area contributed by atoms with Crippen molar-refractivity contribution in [2.75, 3.05) is 5.32 Å². The van der Waals surface area contributed by atoms with Crippen LogP contribution in [0.3, 0.4) is 0 Å². The molecule has 0 radical (unpaired) electrons. The number of nitrogens with one attached hydrogen (secondary N) is 2. The Labute approximate surface area is 146 Å². The minimum absolute atomic E-state index is 0.119. The van der Waals surface area contributed by atoms with Crippen LogP contribution < -0.4 is 10.9 Å². The van der Waals surface area contributed by atoms with Crippen LogP contribution in [0.4, 0.5) is 5.69 Å². The van der Waals surface area contributed by atoms with Crippen molar-refractivity contribution in [2.45, 2.75) is 0 Å². The number of aromatic amines is 1. The second-order valence-electron chi connectivity index (χ2n) is 5.09. The lowest BCUT2D eigenvalue weighted by Gasteiger charge is -2.06. The van der Waals surface area contributed by atoms with Gasteiger partial charge in [0.15, 0.2) is 5.56 Å². The van der Waals surface area contributed by atoms with Gasteiger partial charge in [-0.2, -0.15) is 0 Å². The number of hydrogen-bond donors (Lipinski definition) is 3. The number of aromatic hydroxyl groups is 1. The van der Waals surface area contributed by atoms with Gasteiger partial charge in [-0.05, 0) is 36.4 Å². The fraction of sp³-hybridized carbons (Fsp3) is 0. The van der Waals surface area contributed by atoms with Crippen LogP contribution in [0.2, 0.25) is 5.02 Å². The Hall–Kier alpha value is -3.32. The summed E-state index contributed by atoms with van der Waals surface area (Å²) in [6, 6.07) is 12.5. The van der Waals surface area contributed by atoms with Crippen molar-refractivity contribution in [3.63, 3.8) is 0 Å². The van der Waals surface area contributed by atoms with Crippen molar-refractivity contribution in [1.82, 2.24) is 9.78 Å². The molecule has 3 rings (SSSR count). The molecule has 1 heterocycles.